The fraction of sp³-hybridized carbons (Fsp3) is 0.391. The average Bonchev–Trinajstić information content (AvgIpc) is 3.31. The molecule has 13 heteroatoms. The molecular formula is C23H25N5O6S2. The third-order valence-electron chi connectivity index (χ3n) is 6.39. The van der Waals surface area contributed by atoms with Gasteiger partial charge in [0.2, 0.25) is 0 Å². The fourth-order valence-electron chi connectivity index (χ4n) is 4.42. The molecule has 2 fully saturated rings. The molecule has 2 aliphatic heterocycles. The van der Waals surface area contributed by atoms with Crippen LogP contribution < -0.4 is 9.80 Å². The van der Waals surface area contributed by atoms with Gasteiger partial charge in [0.1, 0.15) is 5.69 Å². The number of carbonyl (C=O) groups excluding carboxylic acids is 1. The number of morpholine rings is 1. The number of ether oxygens (including phenoxy) is 1. The molecule has 36 heavy (non-hydrogen) atoms. The van der Waals surface area contributed by atoms with E-state index < -0.39 is 14.8 Å². The number of aromatic nitrogens is 1. The highest BCUT2D eigenvalue weighted by atomic mass is 32.2. The number of thiazole rings is 1. The Morgan fingerprint density at radius 1 is 1.03 bits per heavy atom. The summed E-state index contributed by atoms with van der Waals surface area (Å²) >= 11 is 1.42. The van der Waals surface area contributed by atoms with Crippen LogP contribution in [0.2, 0.25) is 0 Å². The largest absolute Gasteiger partial charge is 0.378 e. The van der Waals surface area contributed by atoms with E-state index in [-0.39, 0.29) is 16.5 Å². The first-order valence-corrected chi connectivity index (χ1v) is 14.2. The van der Waals surface area contributed by atoms with Crippen LogP contribution in [0.4, 0.5) is 16.5 Å². The maximum Gasteiger partial charge on any atom is 0.293 e. The summed E-state index contributed by atoms with van der Waals surface area (Å²) in [7, 11) is -3.30. The van der Waals surface area contributed by atoms with Crippen molar-refractivity contribution < 1.29 is 22.9 Å². The number of fused-ring (bicyclic) bond motifs is 1. The molecule has 0 spiro atoms. The van der Waals surface area contributed by atoms with Gasteiger partial charge in [-0.15, -0.1) is 0 Å². The molecule has 0 N–H and O–H groups in total. The predicted octanol–water partition coefficient (Wildman–Crippen LogP) is 2.41. The normalized spacial score (nSPS) is 17.0. The van der Waals surface area contributed by atoms with Crippen LogP contribution in [-0.4, -0.2) is 87.9 Å². The van der Waals surface area contributed by atoms with E-state index in [4.69, 9.17) is 4.74 Å². The lowest BCUT2D eigenvalue weighted by atomic mass is 10.1. The van der Waals surface area contributed by atoms with E-state index in [0.29, 0.717) is 63.7 Å². The minimum atomic E-state index is -3.30. The van der Waals surface area contributed by atoms with Crippen LogP contribution in [0, 0.1) is 10.1 Å². The van der Waals surface area contributed by atoms with E-state index in [1.807, 2.05) is 4.90 Å². The lowest BCUT2D eigenvalue weighted by Gasteiger charge is -2.34. The SMILES string of the molecule is CS(=O)(=O)c1ccc2nc(N3CCN(C(=O)c4ccc(N5CCOCC5)c([N+](=O)[O-])c4)CC3)sc2c1. The molecule has 190 valence electrons. The molecule has 2 saturated heterocycles. The number of piperazine rings is 1. The summed E-state index contributed by atoms with van der Waals surface area (Å²) < 4.78 is 29.8. The molecule has 11 nitrogen and oxygen atoms in total. The first-order valence-electron chi connectivity index (χ1n) is 11.5. The van der Waals surface area contributed by atoms with Gasteiger partial charge in [0.05, 0.1) is 33.2 Å². The van der Waals surface area contributed by atoms with Crippen molar-refractivity contribution in [3.05, 3.63) is 52.1 Å². The average molecular weight is 532 g/mol. The molecule has 2 aromatic carbocycles. The Kier molecular flexibility index (Phi) is 6.53. The van der Waals surface area contributed by atoms with Crippen LogP contribution in [0.5, 0.6) is 0 Å². The van der Waals surface area contributed by atoms with Crippen molar-refractivity contribution in [2.24, 2.45) is 0 Å². The van der Waals surface area contributed by atoms with Gasteiger partial charge in [-0.25, -0.2) is 13.4 Å². The molecule has 3 aromatic rings. The number of hydrogen-bond acceptors (Lipinski definition) is 10. The van der Waals surface area contributed by atoms with Gasteiger partial charge >= 0.3 is 0 Å². The number of carbonyl (C=O) groups is 1. The number of sulfone groups is 1. The van der Waals surface area contributed by atoms with Crippen molar-refractivity contribution in [1.82, 2.24) is 9.88 Å². The summed E-state index contributed by atoms with van der Waals surface area (Å²) in [5.74, 6) is -0.242. The second kappa shape index (κ2) is 9.64. The molecule has 1 amide bonds. The van der Waals surface area contributed by atoms with Crippen LogP contribution >= 0.6 is 11.3 Å². The summed E-state index contributed by atoms with van der Waals surface area (Å²) in [5, 5.41) is 12.5. The monoisotopic (exact) mass is 531 g/mol. The molecular weight excluding hydrogens is 506 g/mol. The second-order valence-corrected chi connectivity index (χ2v) is 11.8. The van der Waals surface area contributed by atoms with Crippen molar-refractivity contribution in [3.8, 4) is 0 Å². The van der Waals surface area contributed by atoms with E-state index in [9.17, 15) is 23.3 Å². The molecule has 0 aliphatic carbocycles. The van der Waals surface area contributed by atoms with Crippen molar-refractivity contribution >= 4 is 53.8 Å². The third-order valence-corrected chi connectivity index (χ3v) is 8.57. The first-order chi connectivity index (χ1) is 17.2. The standard InChI is InChI=1S/C23H25N5O6S2/c1-36(32,33)17-3-4-18-21(15-17)35-23(24-18)27-8-6-26(7-9-27)22(29)16-2-5-19(20(14-16)28(30)31)25-10-12-34-13-11-25/h2-5,14-15H,6-13H2,1H3. The van der Waals surface area contributed by atoms with Gasteiger partial charge in [0.15, 0.2) is 15.0 Å². The maximum atomic E-state index is 13.2. The molecule has 3 heterocycles. The van der Waals surface area contributed by atoms with E-state index in [0.717, 1.165) is 15.3 Å². The summed E-state index contributed by atoms with van der Waals surface area (Å²) in [5.41, 5.74) is 1.44. The van der Waals surface area contributed by atoms with Crippen LogP contribution in [0.3, 0.4) is 0 Å². The zero-order chi connectivity index (χ0) is 25.4. The van der Waals surface area contributed by atoms with Gasteiger partial charge in [-0.3, -0.25) is 14.9 Å². The maximum absolute atomic E-state index is 13.2. The number of nitrogens with zero attached hydrogens (tertiary/aromatic N) is 5. The third kappa shape index (κ3) is 4.86. The topological polar surface area (TPSA) is 126 Å². The highest BCUT2D eigenvalue weighted by Crippen LogP contribution is 2.32. The molecule has 0 bridgehead atoms. The highest BCUT2D eigenvalue weighted by Gasteiger charge is 2.28. The molecule has 0 saturated carbocycles. The van der Waals surface area contributed by atoms with Crippen molar-refractivity contribution in [1.29, 1.82) is 0 Å². The van der Waals surface area contributed by atoms with Crippen LogP contribution in [0.15, 0.2) is 41.3 Å². The van der Waals surface area contributed by atoms with E-state index in [1.165, 1.54) is 23.7 Å². The second-order valence-electron chi connectivity index (χ2n) is 8.74. The summed E-state index contributed by atoms with van der Waals surface area (Å²) in [6.07, 6.45) is 1.18. The van der Waals surface area contributed by atoms with E-state index in [2.05, 4.69) is 9.88 Å². The summed E-state index contributed by atoms with van der Waals surface area (Å²) in [6, 6.07) is 9.57. The van der Waals surface area contributed by atoms with Gasteiger partial charge in [-0.1, -0.05) is 11.3 Å². The van der Waals surface area contributed by atoms with Crippen LogP contribution in [0.1, 0.15) is 10.4 Å². The minimum absolute atomic E-state index is 0.0793. The lowest BCUT2D eigenvalue weighted by molar-refractivity contribution is -0.384. The van der Waals surface area contributed by atoms with Crippen molar-refractivity contribution in [2.45, 2.75) is 4.90 Å². The van der Waals surface area contributed by atoms with Gasteiger partial charge < -0.3 is 19.4 Å². The van der Waals surface area contributed by atoms with E-state index >= 15 is 0 Å². The molecule has 0 atom stereocenters. The fourth-order valence-corrected chi connectivity index (χ4v) is 6.19. The van der Waals surface area contributed by atoms with Crippen molar-refractivity contribution in [2.75, 3.05) is 68.5 Å². The minimum Gasteiger partial charge on any atom is -0.378 e. The Hall–Kier alpha value is -3.29. The zero-order valence-electron chi connectivity index (χ0n) is 19.6. The summed E-state index contributed by atoms with van der Waals surface area (Å²) in [6.45, 7) is 4.15. The molecule has 2 aliphatic rings. The Morgan fingerprint density at radius 3 is 2.42 bits per heavy atom. The Bertz CT molecular complexity index is 1430. The zero-order valence-corrected chi connectivity index (χ0v) is 21.3. The lowest BCUT2D eigenvalue weighted by Crippen LogP contribution is -2.48. The number of nitro groups is 1. The number of anilines is 2. The Morgan fingerprint density at radius 2 is 1.75 bits per heavy atom. The van der Waals surface area contributed by atoms with Gasteiger partial charge in [0, 0.05) is 57.2 Å². The van der Waals surface area contributed by atoms with Gasteiger partial charge in [0.25, 0.3) is 11.6 Å². The highest BCUT2D eigenvalue weighted by molar-refractivity contribution is 7.90. The Labute approximate surface area is 212 Å². The van der Waals surface area contributed by atoms with Crippen LogP contribution in [-0.2, 0) is 14.6 Å². The van der Waals surface area contributed by atoms with E-state index in [1.54, 1.807) is 35.2 Å². The van der Waals surface area contributed by atoms with Crippen LogP contribution in [0.25, 0.3) is 10.2 Å². The Balaban J connectivity index is 1.29. The molecule has 0 radical (unpaired) electrons. The molecule has 1 aromatic heterocycles. The van der Waals surface area contributed by atoms with Gasteiger partial charge in [-0.2, -0.15) is 0 Å². The van der Waals surface area contributed by atoms with Gasteiger partial charge in [-0.05, 0) is 30.3 Å². The first kappa shape index (κ1) is 24.4. The number of amides is 1. The number of hydrogen-bond donors (Lipinski definition) is 0. The molecule has 0 unspecified atom stereocenters. The predicted molar refractivity (Wildman–Crippen MR) is 137 cm³/mol. The smallest absolute Gasteiger partial charge is 0.293 e. The number of benzene rings is 2. The quantitative estimate of drug-likeness (QED) is 0.360. The van der Waals surface area contributed by atoms with Crippen molar-refractivity contribution in [3.63, 3.8) is 0 Å². The molecule has 5 rings (SSSR count). The number of rotatable bonds is 5. The summed E-state index contributed by atoms with van der Waals surface area (Å²) in [4.78, 5) is 35.0. The number of nitro benzene ring substituents is 1.